The molecule has 1 heterocycles. The zero-order valence-corrected chi connectivity index (χ0v) is 13.3. The summed E-state index contributed by atoms with van der Waals surface area (Å²) in [6.45, 7) is 0. The van der Waals surface area contributed by atoms with Crippen molar-refractivity contribution in [3.8, 4) is 0 Å². The maximum atomic E-state index is 11.6. The van der Waals surface area contributed by atoms with Crippen molar-refractivity contribution >= 4 is 36.5 Å². The Kier molecular flexibility index (Phi) is 3.60. The van der Waals surface area contributed by atoms with Crippen LogP contribution >= 0.6 is 15.9 Å². The lowest BCUT2D eigenvalue weighted by atomic mass is 9.90. The van der Waals surface area contributed by atoms with Gasteiger partial charge in [0.15, 0.2) is 9.84 Å². The van der Waals surface area contributed by atoms with Crippen LogP contribution < -0.4 is 5.73 Å². The van der Waals surface area contributed by atoms with E-state index in [1.54, 1.807) is 0 Å². The third-order valence-electron chi connectivity index (χ3n) is 4.04. The molecule has 2 atom stereocenters. The van der Waals surface area contributed by atoms with Crippen LogP contribution in [0.1, 0.15) is 18.0 Å². The van der Waals surface area contributed by atoms with Crippen molar-refractivity contribution in [1.82, 2.24) is 0 Å². The Morgan fingerprint density at radius 1 is 1.15 bits per heavy atom. The van der Waals surface area contributed by atoms with E-state index in [1.807, 2.05) is 36.4 Å². The zero-order valence-electron chi connectivity index (χ0n) is 10.9. The fraction of sp³-hybridized carbons (Fsp3) is 0.333. The molecule has 2 N–H and O–H groups in total. The Hall–Kier alpha value is -0.910. The second kappa shape index (κ2) is 5.13. The number of fused-ring (bicyclic) bond motifs is 1. The fourth-order valence-corrected chi connectivity index (χ4v) is 5.27. The molecule has 0 aromatic heterocycles. The van der Waals surface area contributed by atoms with Gasteiger partial charge < -0.3 is 5.73 Å². The Bertz CT molecular complexity index is 758. The molecule has 0 saturated carbocycles. The van der Waals surface area contributed by atoms with Crippen LogP contribution in [0, 0.1) is 5.92 Å². The highest BCUT2D eigenvalue weighted by atomic mass is 79.9. The molecule has 20 heavy (non-hydrogen) atoms. The van der Waals surface area contributed by atoms with Gasteiger partial charge in [-0.25, -0.2) is 8.42 Å². The molecule has 1 saturated heterocycles. The standard InChI is InChI=1S/C15H16BrNO2S/c16-14-6-5-13(11-3-1-2-4-12(11)14)15(17)10-7-8-20(18,19)9-10/h1-6,10,15H,7-9,17H2. The van der Waals surface area contributed by atoms with Crippen molar-refractivity contribution in [2.75, 3.05) is 11.5 Å². The fourth-order valence-electron chi connectivity index (χ4n) is 2.94. The summed E-state index contributed by atoms with van der Waals surface area (Å²) in [7, 11) is -2.90. The molecule has 1 aliphatic heterocycles. The van der Waals surface area contributed by atoms with Crippen LogP contribution in [-0.4, -0.2) is 19.9 Å². The highest BCUT2D eigenvalue weighted by molar-refractivity contribution is 9.10. The minimum absolute atomic E-state index is 0.0181. The van der Waals surface area contributed by atoms with E-state index in [2.05, 4.69) is 15.9 Å². The molecule has 3 nitrogen and oxygen atoms in total. The number of hydrogen-bond donors (Lipinski definition) is 1. The number of hydrogen-bond acceptors (Lipinski definition) is 3. The summed E-state index contributed by atoms with van der Waals surface area (Å²) in [5, 5.41) is 2.21. The number of sulfone groups is 1. The topological polar surface area (TPSA) is 60.2 Å². The van der Waals surface area contributed by atoms with Crippen LogP contribution in [0.4, 0.5) is 0 Å². The molecular weight excluding hydrogens is 338 g/mol. The first-order valence-electron chi connectivity index (χ1n) is 6.61. The van der Waals surface area contributed by atoms with E-state index >= 15 is 0 Å². The molecule has 5 heteroatoms. The van der Waals surface area contributed by atoms with Gasteiger partial charge in [0.25, 0.3) is 0 Å². The van der Waals surface area contributed by atoms with Crippen LogP contribution in [0.2, 0.25) is 0 Å². The summed E-state index contributed by atoms with van der Waals surface area (Å²) in [5.74, 6) is 0.489. The van der Waals surface area contributed by atoms with Crippen molar-refractivity contribution in [2.45, 2.75) is 12.5 Å². The van der Waals surface area contributed by atoms with E-state index in [1.165, 1.54) is 0 Å². The minimum Gasteiger partial charge on any atom is -0.324 e. The quantitative estimate of drug-likeness (QED) is 0.902. The molecule has 2 aromatic carbocycles. The van der Waals surface area contributed by atoms with Crippen molar-refractivity contribution in [1.29, 1.82) is 0 Å². The summed E-state index contributed by atoms with van der Waals surface area (Å²) in [4.78, 5) is 0. The second-order valence-electron chi connectivity index (χ2n) is 5.37. The van der Waals surface area contributed by atoms with Gasteiger partial charge >= 0.3 is 0 Å². The van der Waals surface area contributed by atoms with E-state index in [4.69, 9.17) is 5.73 Å². The zero-order chi connectivity index (χ0) is 14.3. The van der Waals surface area contributed by atoms with E-state index < -0.39 is 9.84 Å². The van der Waals surface area contributed by atoms with Gasteiger partial charge in [0.05, 0.1) is 11.5 Å². The Morgan fingerprint density at radius 2 is 1.85 bits per heavy atom. The normalized spacial score (nSPS) is 23.0. The van der Waals surface area contributed by atoms with Gasteiger partial charge in [-0.05, 0) is 34.7 Å². The molecule has 0 spiro atoms. The molecule has 3 rings (SSSR count). The second-order valence-corrected chi connectivity index (χ2v) is 8.45. The monoisotopic (exact) mass is 353 g/mol. The molecule has 0 amide bonds. The average molecular weight is 354 g/mol. The van der Waals surface area contributed by atoms with Gasteiger partial charge in [0.1, 0.15) is 0 Å². The van der Waals surface area contributed by atoms with Crippen molar-refractivity contribution in [3.05, 3.63) is 46.4 Å². The first kappa shape index (κ1) is 14.0. The van der Waals surface area contributed by atoms with Gasteiger partial charge in [-0.3, -0.25) is 0 Å². The van der Waals surface area contributed by atoms with E-state index in [0.29, 0.717) is 6.42 Å². The van der Waals surface area contributed by atoms with Crippen molar-refractivity contribution in [2.24, 2.45) is 11.7 Å². The molecule has 0 radical (unpaired) electrons. The van der Waals surface area contributed by atoms with E-state index in [0.717, 1.165) is 20.8 Å². The predicted molar refractivity (Wildman–Crippen MR) is 85.3 cm³/mol. The van der Waals surface area contributed by atoms with Crippen LogP contribution in [-0.2, 0) is 9.84 Å². The molecule has 0 bridgehead atoms. The van der Waals surface area contributed by atoms with Gasteiger partial charge in [-0.1, -0.05) is 46.3 Å². The van der Waals surface area contributed by atoms with Gasteiger partial charge in [0, 0.05) is 10.5 Å². The minimum atomic E-state index is -2.90. The number of nitrogens with two attached hydrogens (primary N) is 1. The molecular formula is C15H16BrNO2S. The predicted octanol–water partition coefficient (Wildman–Crippen LogP) is 3.04. The van der Waals surface area contributed by atoms with E-state index in [-0.39, 0.29) is 23.5 Å². The van der Waals surface area contributed by atoms with E-state index in [9.17, 15) is 8.42 Å². The van der Waals surface area contributed by atoms with Crippen molar-refractivity contribution < 1.29 is 8.42 Å². The molecule has 106 valence electrons. The summed E-state index contributed by atoms with van der Waals surface area (Å²) < 4.78 is 24.3. The van der Waals surface area contributed by atoms with Crippen LogP contribution in [0.25, 0.3) is 10.8 Å². The Morgan fingerprint density at radius 3 is 2.50 bits per heavy atom. The third kappa shape index (κ3) is 2.50. The van der Waals surface area contributed by atoms with Crippen LogP contribution in [0.3, 0.4) is 0 Å². The Balaban J connectivity index is 2.04. The lowest BCUT2D eigenvalue weighted by Gasteiger charge is -2.20. The number of halogens is 1. The number of benzene rings is 2. The SMILES string of the molecule is NC(c1ccc(Br)c2ccccc12)C1CCS(=O)(=O)C1. The first-order chi connectivity index (χ1) is 9.48. The number of rotatable bonds is 2. The van der Waals surface area contributed by atoms with Crippen molar-refractivity contribution in [3.63, 3.8) is 0 Å². The third-order valence-corrected chi connectivity index (χ3v) is 6.52. The highest BCUT2D eigenvalue weighted by Gasteiger charge is 2.33. The maximum Gasteiger partial charge on any atom is 0.150 e. The lowest BCUT2D eigenvalue weighted by Crippen LogP contribution is -2.22. The molecule has 1 fully saturated rings. The Labute approximate surface area is 127 Å². The van der Waals surface area contributed by atoms with Crippen LogP contribution in [0.15, 0.2) is 40.9 Å². The van der Waals surface area contributed by atoms with Gasteiger partial charge in [-0.15, -0.1) is 0 Å². The summed E-state index contributed by atoms with van der Waals surface area (Å²) in [5.41, 5.74) is 7.39. The highest BCUT2D eigenvalue weighted by Crippen LogP contribution is 2.35. The maximum absolute atomic E-state index is 11.6. The molecule has 0 aliphatic carbocycles. The summed E-state index contributed by atoms with van der Waals surface area (Å²) in [6, 6.07) is 11.8. The molecule has 1 aliphatic rings. The van der Waals surface area contributed by atoms with Gasteiger partial charge in [0.2, 0.25) is 0 Å². The molecule has 2 aromatic rings. The largest absolute Gasteiger partial charge is 0.324 e. The van der Waals surface area contributed by atoms with Crippen LogP contribution in [0.5, 0.6) is 0 Å². The van der Waals surface area contributed by atoms with Gasteiger partial charge in [-0.2, -0.15) is 0 Å². The molecule has 2 unspecified atom stereocenters. The average Bonchev–Trinajstić information content (AvgIpc) is 2.79. The summed E-state index contributed by atoms with van der Waals surface area (Å²) in [6.07, 6.45) is 0.661. The lowest BCUT2D eigenvalue weighted by molar-refractivity contribution is 0.482. The smallest absolute Gasteiger partial charge is 0.150 e. The first-order valence-corrected chi connectivity index (χ1v) is 9.22. The summed E-state index contributed by atoms with van der Waals surface area (Å²) >= 11 is 3.55.